The van der Waals surface area contributed by atoms with Crippen LogP contribution in [0.4, 0.5) is 5.69 Å². The number of hydrogen-bond donors (Lipinski definition) is 1. The van der Waals surface area contributed by atoms with Crippen molar-refractivity contribution in [2.24, 2.45) is 0 Å². The van der Waals surface area contributed by atoms with Crippen molar-refractivity contribution in [3.8, 4) is 5.75 Å². The fourth-order valence-electron chi connectivity index (χ4n) is 1.88. The van der Waals surface area contributed by atoms with E-state index in [1.165, 1.54) is 18.2 Å². The lowest BCUT2D eigenvalue weighted by atomic mass is 10.00. The van der Waals surface area contributed by atoms with Crippen LogP contribution < -0.4 is 4.74 Å². The Balaban J connectivity index is 2.17. The van der Waals surface area contributed by atoms with Crippen LogP contribution in [0.3, 0.4) is 0 Å². The number of carbonyl (C=O) groups is 1. The molecule has 0 saturated carbocycles. The second-order valence-electron chi connectivity index (χ2n) is 3.93. The Kier molecular flexibility index (Phi) is 2.95. The molecule has 0 radical (unpaired) electrons. The zero-order valence-corrected chi connectivity index (χ0v) is 8.96. The Bertz CT molecular complexity index is 471. The third kappa shape index (κ3) is 2.52. The molecule has 6 nitrogen and oxygen atoms in total. The van der Waals surface area contributed by atoms with Crippen LogP contribution in [-0.2, 0) is 11.2 Å². The van der Waals surface area contributed by atoms with Gasteiger partial charge in [-0.3, -0.25) is 14.9 Å². The van der Waals surface area contributed by atoms with Crippen molar-refractivity contribution >= 4 is 11.7 Å². The predicted molar refractivity (Wildman–Crippen MR) is 58.1 cm³/mol. The third-order valence-electron chi connectivity index (χ3n) is 2.69. The molecule has 0 fully saturated rings. The summed E-state index contributed by atoms with van der Waals surface area (Å²) < 4.78 is 5.47. The molecule has 0 amide bonds. The van der Waals surface area contributed by atoms with Gasteiger partial charge in [0.15, 0.2) is 0 Å². The van der Waals surface area contributed by atoms with Crippen LogP contribution in [0, 0.1) is 10.1 Å². The number of carboxylic acid groups (broad SMARTS) is 1. The van der Waals surface area contributed by atoms with E-state index in [9.17, 15) is 14.9 Å². The van der Waals surface area contributed by atoms with Crippen molar-refractivity contribution < 1.29 is 19.6 Å². The molecule has 1 aliphatic rings. The standard InChI is InChI=1S/C11H11NO5/c13-11(14)6-9-3-1-7-5-8(12(15)16)2-4-10(7)17-9/h2,4-5,9H,1,3,6H2,(H,13,14)/t9-/m0/s1. The Labute approximate surface area is 97.0 Å². The number of nitro benzene ring substituents is 1. The first-order chi connectivity index (χ1) is 8.06. The second-order valence-corrected chi connectivity index (χ2v) is 3.93. The van der Waals surface area contributed by atoms with Gasteiger partial charge >= 0.3 is 5.97 Å². The summed E-state index contributed by atoms with van der Waals surface area (Å²) in [6.45, 7) is 0. The van der Waals surface area contributed by atoms with Gasteiger partial charge in [0, 0.05) is 17.7 Å². The highest BCUT2D eigenvalue weighted by Crippen LogP contribution is 2.31. The minimum Gasteiger partial charge on any atom is -0.490 e. The minimum absolute atomic E-state index is 0.0315. The molecular weight excluding hydrogens is 226 g/mol. The average molecular weight is 237 g/mol. The van der Waals surface area contributed by atoms with Gasteiger partial charge in [0.25, 0.3) is 5.69 Å². The molecule has 0 bridgehead atoms. The Morgan fingerprint density at radius 3 is 3.00 bits per heavy atom. The fraction of sp³-hybridized carbons (Fsp3) is 0.364. The normalized spacial score (nSPS) is 18.0. The van der Waals surface area contributed by atoms with Gasteiger partial charge in [0.1, 0.15) is 11.9 Å². The lowest BCUT2D eigenvalue weighted by Crippen LogP contribution is -2.25. The van der Waals surface area contributed by atoms with Crippen molar-refractivity contribution in [1.29, 1.82) is 0 Å². The zero-order valence-electron chi connectivity index (χ0n) is 8.96. The van der Waals surface area contributed by atoms with E-state index in [4.69, 9.17) is 9.84 Å². The molecule has 17 heavy (non-hydrogen) atoms. The zero-order chi connectivity index (χ0) is 12.4. The summed E-state index contributed by atoms with van der Waals surface area (Å²) in [5.41, 5.74) is 0.796. The van der Waals surface area contributed by atoms with Crippen LogP contribution in [0.15, 0.2) is 18.2 Å². The molecule has 0 spiro atoms. The Morgan fingerprint density at radius 1 is 1.59 bits per heavy atom. The van der Waals surface area contributed by atoms with Gasteiger partial charge in [-0.1, -0.05) is 0 Å². The maximum Gasteiger partial charge on any atom is 0.307 e. The first kappa shape index (κ1) is 11.4. The van der Waals surface area contributed by atoms with Crippen molar-refractivity contribution in [3.63, 3.8) is 0 Å². The fourth-order valence-corrected chi connectivity index (χ4v) is 1.88. The van der Waals surface area contributed by atoms with E-state index in [-0.39, 0.29) is 18.2 Å². The van der Waals surface area contributed by atoms with Crippen LogP contribution >= 0.6 is 0 Å². The van der Waals surface area contributed by atoms with Gasteiger partial charge in [0.2, 0.25) is 0 Å². The number of non-ortho nitro benzene ring substituents is 1. The Morgan fingerprint density at radius 2 is 2.35 bits per heavy atom. The number of fused-ring (bicyclic) bond motifs is 1. The third-order valence-corrected chi connectivity index (χ3v) is 2.69. The summed E-state index contributed by atoms with van der Waals surface area (Å²) >= 11 is 0. The molecule has 1 aliphatic heterocycles. The number of rotatable bonds is 3. The predicted octanol–water partition coefficient (Wildman–Crippen LogP) is 1.76. The maximum absolute atomic E-state index is 10.6. The SMILES string of the molecule is O=C(O)C[C@@H]1CCc2cc([N+](=O)[O-])ccc2O1. The lowest BCUT2D eigenvalue weighted by Gasteiger charge is -2.24. The molecule has 6 heteroatoms. The number of nitro groups is 1. The van der Waals surface area contributed by atoms with E-state index in [2.05, 4.69) is 0 Å². The number of aliphatic carboxylic acids is 1. The van der Waals surface area contributed by atoms with Crippen LogP contribution in [0.2, 0.25) is 0 Å². The van der Waals surface area contributed by atoms with Crippen LogP contribution in [0.1, 0.15) is 18.4 Å². The molecule has 1 heterocycles. The van der Waals surface area contributed by atoms with Gasteiger partial charge in [-0.05, 0) is 18.9 Å². The van der Waals surface area contributed by atoms with E-state index in [0.717, 1.165) is 5.56 Å². The van der Waals surface area contributed by atoms with Gasteiger partial charge in [0.05, 0.1) is 11.3 Å². The topological polar surface area (TPSA) is 89.7 Å². The molecule has 1 aromatic carbocycles. The minimum atomic E-state index is -0.902. The first-order valence-electron chi connectivity index (χ1n) is 5.22. The van der Waals surface area contributed by atoms with E-state index in [0.29, 0.717) is 18.6 Å². The number of carboxylic acids is 1. The summed E-state index contributed by atoms with van der Waals surface area (Å²) in [6, 6.07) is 4.37. The molecule has 0 aliphatic carbocycles. The van der Waals surface area contributed by atoms with E-state index in [1.54, 1.807) is 0 Å². The van der Waals surface area contributed by atoms with Gasteiger partial charge < -0.3 is 9.84 Å². The van der Waals surface area contributed by atoms with Crippen molar-refractivity contribution in [2.45, 2.75) is 25.4 Å². The van der Waals surface area contributed by atoms with E-state index in [1.807, 2.05) is 0 Å². The highest BCUT2D eigenvalue weighted by atomic mass is 16.6. The summed E-state index contributed by atoms with van der Waals surface area (Å²) in [5, 5.41) is 19.2. The number of nitrogens with zero attached hydrogens (tertiary/aromatic N) is 1. The van der Waals surface area contributed by atoms with Crippen LogP contribution in [0.5, 0.6) is 5.75 Å². The summed E-state index contributed by atoms with van der Waals surface area (Å²) in [5.74, 6) is -0.353. The maximum atomic E-state index is 10.6. The largest absolute Gasteiger partial charge is 0.490 e. The number of hydrogen-bond acceptors (Lipinski definition) is 4. The molecule has 0 unspecified atom stereocenters. The molecular formula is C11H11NO5. The van der Waals surface area contributed by atoms with E-state index >= 15 is 0 Å². The molecule has 1 atom stereocenters. The number of aryl methyl sites for hydroxylation is 1. The summed E-state index contributed by atoms with van der Waals surface area (Å²) in [4.78, 5) is 20.7. The monoisotopic (exact) mass is 237 g/mol. The lowest BCUT2D eigenvalue weighted by molar-refractivity contribution is -0.385. The van der Waals surface area contributed by atoms with Crippen molar-refractivity contribution in [3.05, 3.63) is 33.9 Å². The molecule has 2 rings (SSSR count). The van der Waals surface area contributed by atoms with Gasteiger partial charge in [-0.25, -0.2) is 0 Å². The number of benzene rings is 1. The summed E-state index contributed by atoms with van der Waals surface area (Å²) in [6.07, 6.45) is 0.785. The van der Waals surface area contributed by atoms with Crippen LogP contribution in [0.25, 0.3) is 0 Å². The molecule has 0 aromatic heterocycles. The molecule has 0 saturated heterocycles. The highest BCUT2D eigenvalue weighted by molar-refractivity contribution is 5.67. The molecule has 1 N–H and O–H groups in total. The second kappa shape index (κ2) is 4.40. The van der Waals surface area contributed by atoms with Crippen molar-refractivity contribution in [2.75, 3.05) is 0 Å². The highest BCUT2D eigenvalue weighted by Gasteiger charge is 2.23. The number of ether oxygens (including phenoxy) is 1. The quantitative estimate of drug-likeness (QED) is 0.639. The van der Waals surface area contributed by atoms with Gasteiger partial charge in [-0.15, -0.1) is 0 Å². The average Bonchev–Trinajstić information content (AvgIpc) is 2.27. The van der Waals surface area contributed by atoms with Crippen molar-refractivity contribution in [1.82, 2.24) is 0 Å². The Hall–Kier alpha value is -2.11. The van der Waals surface area contributed by atoms with Crippen LogP contribution in [-0.4, -0.2) is 22.1 Å². The van der Waals surface area contributed by atoms with Gasteiger partial charge in [-0.2, -0.15) is 0 Å². The molecule has 1 aromatic rings. The smallest absolute Gasteiger partial charge is 0.307 e. The first-order valence-corrected chi connectivity index (χ1v) is 5.22. The summed E-state index contributed by atoms with van der Waals surface area (Å²) in [7, 11) is 0. The molecule has 90 valence electrons. The van der Waals surface area contributed by atoms with E-state index < -0.39 is 10.9 Å².